The molecule has 0 aromatic heterocycles. The molecule has 0 aliphatic heterocycles. The summed E-state index contributed by atoms with van der Waals surface area (Å²) in [5.74, 6) is 0. The van der Waals surface area contributed by atoms with Gasteiger partial charge in [-0.15, -0.1) is 0 Å². The second-order valence-electron chi connectivity index (χ2n) is 3.98. The SMILES string of the molecule is C=C/C=C(\C=C)C(=C1C=CC=C1)c1ccccc1. The maximum atomic E-state index is 3.90. The molecule has 0 radical (unpaired) electrons. The third kappa shape index (κ3) is 2.49. The first kappa shape index (κ1) is 12.1. The van der Waals surface area contributed by atoms with Crippen molar-refractivity contribution in [2.45, 2.75) is 0 Å². The van der Waals surface area contributed by atoms with Crippen LogP contribution in [0.15, 0.2) is 97.2 Å². The minimum atomic E-state index is 1.09. The zero-order valence-corrected chi connectivity index (χ0v) is 10.3. The monoisotopic (exact) mass is 232 g/mol. The Morgan fingerprint density at radius 2 is 1.61 bits per heavy atom. The van der Waals surface area contributed by atoms with Crippen LogP contribution in [0.2, 0.25) is 0 Å². The van der Waals surface area contributed by atoms with Gasteiger partial charge in [0.25, 0.3) is 0 Å². The van der Waals surface area contributed by atoms with Crippen LogP contribution >= 0.6 is 0 Å². The number of benzene rings is 1. The van der Waals surface area contributed by atoms with E-state index in [1.165, 1.54) is 16.7 Å². The maximum absolute atomic E-state index is 3.90. The van der Waals surface area contributed by atoms with Gasteiger partial charge in [0.1, 0.15) is 0 Å². The molecule has 0 nitrogen and oxygen atoms in total. The molecule has 1 aliphatic rings. The van der Waals surface area contributed by atoms with Gasteiger partial charge in [-0.2, -0.15) is 0 Å². The molecule has 0 saturated carbocycles. The molecule has 0 amide bonds. The summed E-state index contributed by atoms with van der Waals surface area (Å²) in [6, 6.07) is 10.3. The minimum Gasteiger partial charge on any atom is -0.0990 e. The zero-order chi connectivity index (χ0) is 12.8. The highest BCUT2D eigenvalue weighted by Gasteiger charge is 2.09. The van der Waals surface area contributed by atoms with Crippen molar-refractivity contribution >= 4 is 5.57 Å². The van der Waals surface area contributed by atoms with E-state index in [1.54, 1.807) is 6.08 Å². The summed E-state index contributed by atoms with van der Waals surface area (Å²) >= 11 is 0. The topological polar surface area (TPSA) is 0 Å². The standard InChI is InChI=1S/C18H16/c1-3-10-15(4-2)18(17-13-8-9-14-17)16-11-6-5-7-12-16/h3-14H,1-2H2/b15-10+. The molecule has 1 aromatic rings. The first-order chi connectivity index (χ1) is 8.86. The number of hydrogen-bond donors (Lipinski definition) is 0. The molecule has 18 heavy (non-hydrogen) atoms. The van der Waals surface area contributed by atoms with Gasteiger partial charge in [-0.25, -0.2) is 0 Å². The summed E-state index contributed by atoms with van der Waals surface area (Å²) < 4.78 is 0. The molecular formula is C18H16. The Morgan fingerprint density at radius 1 is 0.944 bits per heavy atom. The van der Waals surface area contributed by atoms with Gasteiger partial charge < -0.3 is 0 Å². The summed E-state index contributed by atoms with van der Waals surface area (Å²) in [7, 11) is 0. The summed E-state index contributed by atoms with van der Waals surface area (Å²) in [6.07, 6.45) is 14.0. The number of rotatable bonds is 4. The second kappa shape index (κ2) is 5.83. The van der Waals surface area contributed by atoms with E-state index >= 15 is 0 Å². The third-order valence-corrected chi connectivity index (χ3v) is 2.82. The molecule has 1 aromatic carbocycles. The number of hydrogen-bond acceptors (Lipinski definition) is 0. The molecule has 1 aliphatic carbocycles. The van der Waals surface area contributed by atoms with Gasteiger partial charge in [0.2, 0.25) is 0 Å². The Kier molecular flexibility index (Phi) is 3.93. The van der Waals surface area contributed by atoms with Crippen LogP contribution in [-0.2, 0) is 0 Å². The van der Waals surface area contributed by atoms with Gasteiger partial charge in [0.15, 0.2) is 0 Å². The molecule has 0 spiro atoms. The van der Waals surface area contributed by atoms with E-state index in [0.29, 0.717) is 0 Å². The highest BCUT2D eigenvalue weighted by Crippen LogP contribution is 2.30. The lowest BCUT2D eigenvalue weighted by Crippen LogP contribution is -1.91. The lowest BCUT2D eigenvalue weighted by molar-refractivity contribution is 1.55. The first-order valence-electron chi connectivity index (χ1n) is 5.97. The molecule has 88 valence electrons. The highest BCUT2D eigenvalue weighted by molar-refractivity contribution is 5.87. The van der Waals surface area contributed by atoms with Crippen molar-refractivity contribution in [1.82, 2.24) is 0 Å². The lowest BCUT2D eigenvalue weighted by atomic mass is 9.93. The van der Waals surface area contributed by atoms with Crippen LogP contribution in [0.5, 0.6) is 0 Å². The molecule has 0 saturated heterocycles. The van der Waals surface area contributed by atoms with Crippen molar-refractivity contribution in [3.63, 3.8) is 0 Å². The van der Waals surface area contributed by atoms with E-state index < -0.39 is 0 Å². The van der Waals surface area contributed by atoms with E-state index in [9.17, 15) is 0 Å². The Labute approximate surface area is 109 Å². The molecule has 0 N–H and O–H groups in total. The molecule has 0 atom stereocenters. The fourth-order valence-electron chi connectivity index (χ4n) is 2.03. The van der Waals surface area contributed by atoms with Gasteiger partial charge >= 0.3 is 0 Å². The van der Waals surface area contributed by atoms with E-state index in [4.69, 9.17) is 0 Å². The predicted octanol–water partition coefficient (Wildman–Crippen LogP) is 4.86. The van der Waals surface area contributed by atoms with Gasteiger partial charge in [-0.1, -0.05) is 86.0 Å². The first-order valence-corrected chi connectivity index (χ1v) is 5.97. The summed E-state index contributed by atoms with van der Waals surface area (Å²) in [6.45, 7) is 7.67. The van der Waals surface area contributed by atoms with Crippen LogP contribution in [0.3, 0.4) is 0 Å². The van der Waals surface area contributed by atoms with Gasteiger partial charge in [0, 0.05) is 0 Å². The van der Waals surface area contributed by atoms with Crippen molar-refractivity contribution in [3.8, 4) is 0 Å². The normalized spacial score (nSPS) is 13.8. The van der Waals surface area contributed by atoms with E-state index in [2.05, 4.69) is 37.4 Å². The Balaban J connectivity index is 2.63. The summed E-state index contributed by atoms with van der Waals surface area (Å²) in [5.41, 5.74) is 4.67. The predicted molar refractivity (Wildman–Crippen MR) is 80.1 cm³/mol. The van der Waals surface area contributed by atoms with Crippen molar-refractivity contribution < 1.29 is 0 Å². The largest absolute Gasteiger partial charge is 0.0990 e. The summed E-state index contributed by atoms with van der Waals surface area (Å²) in [5, 5.41) is 0. The molecule has 0 bridgehead atoms. The van der Waals surface area contributed by atoms with E-state index in [1.807, 2.05) is 42.5 Å². The van der Waals surface area contributed by atoms with Crippen LogP contribution in [0, 0.1) is 0 Å². The molecular weight excluding hydrogens is 216 g/mol. The minimum absolute atomic E-state index is 1.09. The van der Waals surface area contributed by atoms with E-state index in [-0.39, 0.29) is 0 Å². The average Bonchev–Trinajstić information content (AvgIpc) is 2.93. The van der Waals surface area contributed by atoms with E-state index in [0.717, 1.165) is 5.57 Å². The fourth-order valence-corrected chi connectivity index (χ4v) is 2.03. The summed E-state index contributed by atoms with van der Waals surface area (Å²) in [4.78, 5) is 0. The van der Waals surface area contributed by atoms with Crippen LogP contribution in [-0.4, -0.2) is 0 Å². The molecule has 0 heteroatoms. The smallest absolute Gasteiger partial charge is 0.00391 e. The Morgan fingerprint density at radius 3 is 2.17 bits per heavy atom. The van der Waals surface area contributed by atoms with Crippen molar-refractivity contribution in [1.29, 1.82) is 0 Å². The third-order valence-electron chi connectivity index (χ3n) is 2.82. The second-order valence-corrected chi connectivity index (χ2v) is 3.98. The Bertz CT molecular complexity index is 549. The highest BCUT2D eigenvalue weighted by atomic mass is 14.1. The van der Waals surface area contributed by atoms with Gasteiger partial charge in [-0.3, -0.25) is 0 Å². The van der Waals surface area contributed by atoms with Crippen LogP contribution < -0.4 is 0 Å². The Hall–Kier alpha value is -2.34. The quantitative estimate of drug-likeness (QED) is 0.650. The maximum Gasteiger partial charge on any atom is -0.00391 e. The van der Waals surface area contributed by atoms with Crippen LogP contribution in [0.1, 0.15) is 5.56 Å². The average molecular weight is 232 g/mol. The van der Waals surface area contributed by atoms with Gasteiger partial charge in [0.05, 0.1) is 0 Å². The fraction of sp³-hybridized carbons (Fsp3) is 0. The number of allylic oxidation sites excluding steroid dienone is 10. The van der Waals surface area contributed by atoms with Crippen molar-refractivity contribution in [2.75, 3.05) is 0 Å². The van der Waals surface area contributed by atoms with Crippen molar-refractivity contribution in [2.24, 2.45) is 0 Å². The molecule has 0 heterocycles. The zero-order valence-electron chi connectivity index (χ0n) is 10.3. The lowest BCUT2D eigenvalue weighted by Gasteiger charge is -2.11. The molecule has 2 rings (SSSR count). The van der Waals surface area contributed by atoms with Gasteiger partial charge in [-0.05, 0) is 22.3 Å². The molecule has 0 unspecified atom stereocenters. The van der Waals surface area contributed by atoms with Crippen LogP contribution in [0.4, 0.5) is 0 Å². The van der Waals surface area contributed by atoms with Crippen LogP contribution in [0.25, 0.3) is 5.57 Å². The molecule has 0 fully saturated rings. The van der Waals surface area contributed by atoms with Crippen molar-refractivity contribution in [3.05, 3.63) is 103 Å².